The van der Waals surface area contributed by atoms with Gasteiger partial charge in [0.05, 0.1) is 5.92 Å². The number of benzene rings is 1. The Morgan fingerprint density at radius 2 is 1.89 bits per heavy atom. The van der Waals surface area contributed by atoms with Gasteiger partial charge in [-0.3, -0.25) is 0 Å². The maximum Gasteiger partial charge on any atom is 0.391 e. The number of rotatable bonds is 2. The van der Waals surface area contributed by atoms with Crippen molar-refractivity contribution in [2.24, 2.45) is 11.7 Å². The van der Waals surface area contributed by atoms with Gasteiger partial charge in [-0.05, 0) is 49.8 Å². The lowest BCUT2D eigenvalue weighted by Crippen LogP contribution is -2.47. The van der Waals surface area contributed by atoms with Crippen LogP contribution in [0.15, 0.2) is 24.3 Å². The zero-order valence-corrected chi connectivity index (χ0v) is 11.3. The van der Waals surface area contributed by atoms with Crippen LogP contribution in [-0.4, -0.2) is 11.7 Å². The molecule has 1 aromatic carbocycles. The normalized spacial score (nSPS) is 28.4. The molecule has 0 saturated heterocycles. The summed E-state index contributed by atoms with van der Waals surface area (Å²) in [4.78, 5) is 0. The molecule has 1 aliphatic carbocycles. The molecule has 0 spiro atoms. The molecule has 0 aliphatic heterocycles. The molecule has 1 nitrogen and oxygen atoms in total. The number of nitrogens with two attached hydrogens (primary N) is 1. The van der Waals surface area contributed by atoms with Gasteiger partial charge in [-0.25, -0.2) is 0 Å². The molecular weight excluding hydrogens is 275 g/mol. The van der Waals surface area contributed by atoms with Crippen LogP contribution in [-0.2, 0) is 6.42 Å². The maximum absolute atomic E-state index is 12.6. The van der Waals surface area contributed by atoms with Gasteiger partial charge in [-0.15, -0.1) is 0 Å². The van der Waals surface area contributed by atoms with E-state index in [2.05, 4.69) is 0 Å². The van der Waals surface area contributed by atoms with Crippen molar-refractivity contribution in [3.8, 4) is 0 Å². The molecule has 0 atom stereocenters. The molecule has 19 heavy (non-hydrogen) atoms. The molecule has 0 bridgehead atoms. The molecule has 1 fully saturated rings. The lowest BCUT2D eigenvalue weighted by atomic mass is 9.74. The largest absolute Gasteiger partial charge is 0.391 e. The van der Waals surface area contributed by atoms with E-state index in [9.17, 15) is 13.2 Å². The molecule has 5 heteroatoms. The summed E-state index contributed by atoms with van der Waals surface area (Å²) >= 11 is 5.90. The molecule has 0 heterocycles. The van der Waals surface area contributed by atoms with E-state index in [1.807, 2.05) is 18.2 Å². The summed E-state index contributed by atoms with van der Waals surface area (Å²) in [5, 5.41) is 0.630. The predicted octanol–water partition coefficient (Wildman–Crippen LogP) is 4.33. The minimum absolute atomic E-state index is 0.126. The lowest BCUT2D eigenvalue weighted by Gasteiger charge is -2.38. The van der Waals surface area contributed by atoms with Crippen molar-refractivity contribution in [1.82, 2.24) is 0 Å². The quantitative estimate of drug-likeness (QED) is 0.862. The molecule has 0 amide bonds. The average Bonchev–Trinajstić information content (AvgIpc) is 2.27. The first-order valence-corrected chi connectivity index (χ1v) is 6.76. The molecule has 1 aliphatic rings. The van der Waals surface area contributed by atoms with Gasteiger partial charge in [0.15, 0.2) is 0 Å². The smallest absolute Gasteiger partial charge is 0.325 e. The number of hydrogen-bond acceptors (Lipinski definition) is 1. The van der Waals surface area contributed by atoms with E-state index >= 15 is 0 Å². The predicted molar refractivity (Wildman–Crippen MR) is 70.1 cm³/mol. The fourth-order valence-corrected chi connectivity index (χ4v) is 2.96. The fourth-order valence-electron chi connectivity index (χ4n) is 2.75. The van der Waals surface area contributed by atoms with Crippen molar-refractivity contribution in [1.29, 1.82) is 0 Å². The topological polar surface area (TPSA) is 26.0 Å². The van der Waals surface area contributed by atoms with Crippen LogP contribution in [0.5, 0.6) is 0 Å². The third kappa shape index (κ3) is 3.86. The lowest BCUT2D eigenvalue weighted by molar-refractivity contribution is -0.184. The molecule has 0 aromatic heterocycles. The van der Waals surface area contributed by atoms with E-state index in [4.69, 9.17) is 17.3 Å². The second-order valence-corrected chi connectivity index (χ2v) is 5.92. The van der Waals surface area contributed by atoms with E-state index in [-0.39, 0.29) is 12.8 Å². The van der Waals surface area contributed by atoms with Crippen LogP contribution in [0.4, 0.5) is 13.2 Å². The SMILES string of the molecule is NC1(Cc2cccc(Cl)c2)CCC(C(F)(F)F)CC1. The Kier molecular flexibility index (Phi) is 4.11. The molecular formula is C14H17ClF3N. The first kappa shape index (κ1) is 14.7. The summed E-state index contributed by atoms with van der Waals surface area (Å²) in [7, 11) is 0. The Labute approximate surface area is 115 Å². The minimum atomic E-state index is -4.09. The Morgan fingerprint density at radius 1 is 1.26 bits per heavy atom. The highest BCUT2D eigenvalue weighted by atomic mass is 35.5. The standard InChI is InChI=1S/C14H17ClF3N/c15-12-3-1-2-10(8-12)9-13(19)6-4-11(5-7-13)14(16,17)18/h1-3,8,11H,4-7,9,19H2. The highest BCUT2D eigenvalue weighted by molar-refractivity contribution is 6.30. The van der Waals surface area contributed by atoms with Gasteiger partial charge < -0.3 is 5.73 Å². The molecule has 0 radical (unpaired) electrons. The molecule has 1 aromatic rings. The minimum Gasteiger partial charge on any atom is -0.325 e. The van der Waals surface area contributed by atoms with Crippen molar-refractivity contribution in [2.45, 2.75) is 43.8 Å². The maximum atomic E-state index is 12.6. The Bertz CT molecular complexity index is 437. The molecule has 1 saturated carbocycles. The number of alkyl halides is 3. The van der Waals surface area contributed by atoms with E-state index < -0.39 is 17.6 Å². The first-order chi connectivity index (χ1) is 8.78. The Morgan fingerprint density at radius 3 is 2.42 bits per heavy atom. The molecule has 106 valence electrons. The molecule has 2 N–H and O–H groups in total. The summed E-state index contributed by atoms with van der Waals surface area (Å²) in [6.07, 6.45) is -2.44. The van der Waals surface area contributed by atoms with Crippen molar-refractivity contribution >= 4 is 11.6 Å². The molecule has 2 rings (SSSR count). The van der Waals surface area contributed by atoms with Crippen molar-refractivity contribution < 1.29 is 13.2 Å². The summed E-state index contributed by atoms with van der Waals surface area (Å²) in [5.41, 5.74) is 6.69. The third-order valence-corrected chi connectivity index (χ3v) is 4.12. The molecule has 0 unspecified atom stereocenters. The van der Waals surface area contributed by atoms with Crippen LogP contribution in [0.3, 0.4) is 0 Å². The van der Waals surface area contributed by atoms with Crippen LogP contribution in [0.25, 0.3) is 0 Å². The van der Waals surface area contributed by atoms with Crippen molar-refractivity contribution in [3.63, 3.8) is 0 Å². The van der Waals surface area contributed by atoms with Crippen LogP contribution in [0.2, 0.25) is 5.02 Å². The number of hydrogen-bond donors (Lipinski definition) is 1. The van der Waals surface area contributed by atoms with E-state index in [0.29, 0.717) is 24.3 Å². The van der Waals surface area contributed by atoms with Gasteiger partial charge >= 0.3 is 6.18 Å². The monoisotopic (exact) mass is 291 g/mol. The van der Waals surface area contributed by atoms with Crippen molar-refractivity contribution in [2.75, 3.05) is 0 Å². The van der Waals surface area contributed by atoms with Gasteiger partial charge in [0.2, 0.25) is 0 Å². The zero-order valence-electron chi connectivity index (χ0n) is 10.5. The van der Waals surface area contributed by atoms with E-state index in [1.54, 1.807) is 6.07 Å². The summed E-state index contributed by atoms with van der Waals surface area (Å²) in [5.74, 6) is -1.19. The van der Waals surface area contributed by atoms with Crippen LogP contribution >= 0.6 is 11.6 Å². The summed E-state index contributed by atoms with van der Waals surface area (Å²) in [6, 6.07) is 7.35. The van der Waals surface area contributed by atoms with E-state index in [0.717, 1.165) is 5.56 Å². The van der Waals surface area contributed by atoms with Crippen molar-refractivity contribution in [3.05, 3.63) is 34.9 Å². The van der Waals surface area contributed by atoms with Gasteiger partial charge in [-0.1, -0.05) is 23.7 Å². The van der Waals surface area contributed by atoms with Gasteiger partial charge in [0, 0.05) is 10.6 Å². The van der Waals surface area contributed by atoms with Gasteiger partial charge in [0.25, 0.3) is 0 Å². The Balaban J connectivity index is 1.99. The second-order valence-electron chi connectivity index (χ2n) is 5.48. The van der Waals surface area contributed by atoms with E-state index in [1.165, 1.54) is 0 Å². The van der Waals surface area contributed by atoms with Gasteiger partial charge in [0.1, 0.15) is 0 Å². The average molecular weight is 292 g/mol. The first-order valence-electron chi connectivity index (χ1n) is 6.39. The van der Waals surface area contributed by atoms with Crippen LogP contribution in [0, 0.1) is 5.92 Å². The summed E-state index contributed by atoms with van der Waals surface area (Å²) in [6.45, 7) is 0. The van der Waals surface area contributed by atoms with Crippen LogP contribution in [0.1, 0.15) is 31.2 Å². The summed E-state index contributed by atoms with van der Waals surface area (Å²) < 4.78 is 37.8. The highest BCUT2D eigenvalue weighted by Crippen LogP contribution is 2.41. The highest BCUT2D eigenvalue weighted by Gasteiger charge is 2.44. The number of halogens is 4. The van der Waals surface area contributed by atoms with Gasteiger partial charge in [-0.2, -0.15) is 13.2 Å². The zero-order chi connectivity index (χ0) is 14.1. The third-order valence-electron chi connectivity index (χ3n) is 3.89. The Hall–Kier alpha value is -0.740. The fraction of sp³-hybridized carbons (Fsp3) is 0.571. The van der Waals surface area contributed by atoms with Crippen LogP contribution < -0.4 is 5.73 Å². The second kappa shape index (κ2) is 5.33.